The van der Waals surface area contributed by atoms with Gasteiger partial charge in [-0.15, -0.1) is 0 Å². The van der Waals surface area contributed by atoms with E-state index in [0.29, 0.717) is 18.4 Å². The van der Waals surface area contributed by atoms with Gasteiger partial charge in [0, 0.05) is 42.0 Å². The van der Waals surface area contributed by atoms with Gasteiger partial charge in [0.1, 0.15) is 6.10 Å². The minimum absolute atomic E-state index is 0.00129. The Morgan fingerprint density at radius 1 is 0.947 bits per heavy atom. The van der Waals surface area contributed by atoms with Gasteiger partial charge in [-0.1, -0.05) is 109 Å². The summed E-state index contributed by atoms with van der Waals surface area (Å²) in [7, 11) is 0. The van der Waals surface area contributed by atoms with Crippen LogP contribution in [-0.2, 0) is 16.0 Å². The number of aromatic amines is 1. The molecule has 3 aliphatic rings. The van der Waals surface area contributed by atoms with E-state index in [1.54, 1.807) is 0 Å². The van der Waals surface area contributed by atoms with Crippen molar-refractivity contribution in [3.05, 3.63) is 35.5 Å². The van der Waals surface area contributed by atoms with Crippen LogP contribution in [0.2, 0.25) is 0 Å². The molecule has 0 radical (unpaired) electrons. The minimum Gasteiger partial charge on any atom is -0.461 e. The summed E-state index contributed by atoms with van der Waals surface area (Å²) in [4.78, 5) is 16.1. The van der Waals surface area contributed by atoms with Crippen LogP contribution in [0.25, 0.3) is 10.9 Å². The number of carbonyl (C=O) groups excluding carboxylic acids is 1. The number of ether oxygens (including phenoxy) is 1. The van der Waals surface area contributed by atoms with Gasteiger partial charge in [-0.2, -0.15) is 0 Å². The smallest absolute Gasteiger partial charge is 0.306 e. The van der Waals surface area contributed by atoms with Crippen molar-refractivity contribution in [3.8, 4) is 0 Å². The lowest BCUT2D eigenvalue weighted by molar-refractivity contribution is -0.150. The van der Waals surface area contributed by atoms with Crippen LogP contribution in [0, 0.1) is 11.8 Å². The van der Waals surface area contributed by atoms with Crippen LogP contribution in [0.3, 0.4) is 0 Å². The number of hydrogen-bond donors (Lipinski definition) is 2. The van der Waals surface area contributed by atoms with Crippen molar-refractivity contribution in [2.75, 3.05) is 6.54 Å². The maximum Gasteiger partial charge on any atom is 0.306 e. The minimum atomic E-state index is -0.00885. The Morgan fingerprint density at radius 3 is 2.47 bits per heavy atom. The van der Waals surface area contributed by atoms with Gasteiger partial charge in [-0.3, -0.25) is 4.79 Å². The van der Waals surface area contributed by atoms with Crippen LogP contribution in [0.4, 0.5) is 0 Å². The van der Waals surface area contributed by atoms with Crippen molar-refractivity contribution in [2.45, 2.75) is 141 Å². The van der Waals surface area contributed by atoms with Gasteiger partial charge < -0.3 is 15.0 Å². The average molecular weight is 521 g/mol. The molecular formula is C34H52N2O2. The number of carbonyl (C=O) groups is 1. The lowest BCUT2D eigenvalue weighted by Gasteiger charge is -2.40. The molecule has 1 aromatic carbocycles. The number of piperidine rings is 1. The highest BCUT2D eigenvalue weighted by Gasteiger charge is 2.37. The highest BCUT2D eigenvalue weighted by molar-refractivity contribution is 5.88. The van der Waals surface area contributed by atoms with E-state index in [1.807, 2.05) is 0 Å². The summed E-state index contributed by atoms with van der Waals surface area (Å²) < 4.78 is 5.97. The standard InChI is InChI=1S/C34H52N2O2/c1-2-3-4-5-6-9-14-25-16-12-17-26(25)15-10-7-8-11-20-33(37)38-28-22-30-29-18-13-19-31-34(29)27(23-35-31)21-32(30)36-24-28/h13,18-19,23,25-26,28,30,32,35-36H,2-12,14-17,20-22,24H2,1H3/t25-,26-,28?,30?,32+/m0/s1. The van der Waals surface area contributed by atoms with Gasteiger partial charge in [-0.25, -0.2) is 0 Å². The quantitative estimate of drug-likeness (QED) is 0.183. The molecule has 5 atom stereocenters. The molecule has 5 rings (SSSR count). The maximum absolute atomic E-state index is 12.6. The molecule has 0 bridgehead atoms. The Bertz CT molecular complexity index is 1010. The topological polar surface area (TPSA) is 54.1 Å². The first-order valence-corrected chi connectivity index (χ1v) is 16.2. The van der Waals surface area contributed by atoms with E-state index in [4.69, 9.17) is 4.74 Å². The van der Waals surface area contributed by atoms with Gasteiger partial charge in [-0.05, 0) is 48.3 Å². The first kappa shape index (κ1) is 27.7. The normalized spacial score (nSPS) is 26.5. The van der Waals surface area contributed by atoms with E-state index in [2.05, 4.69) is 41.6 Å². The molecule has 4 heteroatoms. The van der Waals surface area contributed by atoms with Gasteiger partial charge in [0.05, 0.1) is 0 Å². The zero-order valence-corrected chi connectivity index (χ0v) is 23.9. The number of unbranched alkanes of at least 4 members (excludes halogenated alkanes) is 8. The molecule has 1 aromatic heterocycles. The third-order valence-electron chi connectivity index (χ3n) is 10.0. The van der Waals surface area contributed by atoms with E-state index in [-0.39, 0.29) is 12.1 Å². The Hall–Kier alpha value is -1.81. The summed E-state index contributed by atoms with van der Waals surface area (Å²) in [6.07, 6.45) is 25.3. The number of fused-ring (bicyclic) bond motifs is 2. The third kappa shape index (κ3) is 7.03. The molecule has 2 heterocycles. The number of esters is 1. The number of nitrogens with one attached hydrogen (secondary N) is 2. The molecular weight excluding hydrogens is 468 g/mol. The molecule has 2 aliphatic carbocycles. The van der Waals surface area contributed by atoms with Crippen LogP contribution in [0.15, 0.2) is 24.4 Å². The first-order valence-electron chi connectivity index (χ1n) is 16.2. The van der Waals surface area contributed by atoms with Crippen molar-refractivity contribution in [1.29, 1.82) is 0 Å². The van der Waals surface area contributed by atoms with Gasteiger partial charge in [0.15, 0.2) is 0 Å². The number of benzene rings is 1. The zero-order valence-electron chi connectivity index (χ0n) is 23.9. The summed E-state index contributed by atoms with van der Waals surface area (Å²) in [5.74, 6) is 2.40. The molecule has 2 aromatic rings. The SMILES string of the molecule is CCCCCCCC[C@H]1CCC[C@@H]1CCCCCCC(=O)OC1CN[C@@H]2Cc3c[nH]c4cccc(c34)C2C1. The van der Waals surface area contributed by atoms with Crippen molar-refractivity contribution in [3.63, 3.8) is 0 Å². The average Bonchev–Trinajstić information content (AvgIpc) is 3.56. The second-order valence-electron chi connectivity index (χ2n) is 12.7. The van der Waals surface area contributed by atoms with Crippen molar-refractivity contribution in [1.82, 2.24) is 10.3 Å². The predicted octanol–water partition coefficient (Wildman–Crippen LogP) is 8.59. The Morgan fingerprint density at radius 2 is 1.68 bits per heavy atom. The van der Waals surface area contributed by atoms with E-state index >= 15 is 0 Å². The fourth-order valence-electron chi connectivity index (χ4n) is 7.93. The molecule has 1 aliphatic heterocycles. The van der Waals surface area contributed by atoms with Crippen molar-refractivity contribution >= 4 is 16.9 Å². The highest BCUT2D eigenvalue weighted by Crippen LogP contribution is 2.41. The summed E-state index contributed by atoms with van der Waals surface area (Å²) in [5, 5.41) is 5.09. The molecule has 1 saturated heterocycles. The molecule has 0 amide bonds. The van der Waals surface area contributed by atoms with Crippen molar-refractivity contribution < 1.29 is 9.53 Å². The molecule has 2 fully saturated rings. The van der Waals surface area contributed by atoms with E-state index in [1.165, 1.54) is 106 Å². The van der Waals surface area contributed by atoms with E-state index in [0.717, 1.165) is 44.1 Å². The van der Waals surface area contributed by atoms with E-state index in [9.17, 15) is 4.79 Å². The summed E-state index contributed by atoms with van der Waals surface area (Å²) in [6.45, 7) is 3.08. The largest absolute Gasteiger partial charge is 0.461 e. The first-order chi connectivity index (χ1) is 18.7. The van der Waals surface area contributed by atoms with E-state index < -0.39 is 0 Å². The Labute approximate surface area is 231 Å². The fraction of sp³-hybridized carbons (Fsp3) is 0.735. The molecule has 210 valence electrons. The second-order valence-corrected chi connectivity index (χ2v) is 12.7. The number of H-pyrrole nitrogens is 1. The van der Waals surface area contributed by atoms with Crippen LogP contribution in [-0.4, -0.2) is 29.6 Å². The number of hydrogen-bond acceptors (Lipinski definition) is 3. The maximum atomic E-state index is 12.6. The molecule has 2 unspecified atom stereocenters. The van der Waals surface area contributed by atoms with Crippen LogP contribution in [0.1, 0.15) is 133 Å². The molecule has 2 N–H and O–H groups in total. The van der Waals surface area contributed by atoms with Crippen LogP contribution < -0.4 is 5.32 Å². The fourth-order valence-corrected chi connectivity index (χ4v) is 7.93. The van der Waals surface area contributed by atoms with Crippen LogP contribution in [0.5, 0.6) is 0 Å². The molecule has 4 nitrogen and oxygen atoms in total. The summed E-state index contributed by atoms with van der Waals surface area (Å²) >= 11 is 0. The second kappa shape index (κ2) is 14.0. The molecule has 38 heavy (non-hydrogen) atoms. The van der Waals surface area contributed by atoms with Crippen LogP contribution >= 0.6 is 0 Å². The van der Waals surface area contributed by atoms with Gasteiger partial charge >= 0.3 is 5.97 Å². The predicted molar refractivity (Wildman–Crippen MR) is 158 cm³/mol. The monoisotopic (exact) mass is 520 g/mol. The zero-order chi connectivity index (χ0) is 26.2. The number of rotatable bonds is 15. The lowest BCUT2D eigenvalue weighted by atomic mass is 9.75. The van der Waals surface area contributed by atoms with Gasteiger partial charge in [0.25, 0.3) is 0 Å². The van der Waals surface area contributed by atoms with Crippen molar-refractivity contribution in [2.24, 2.45) is 11.8 Å². The van der Waals surface area contributed by atoms with Gasteiger partial charge in [0.2, 0.25) is 0 Å². The Balaban J connectivity index is 0.948. The summed E-state index contributed by atoms with van der Waals surface area (Å²) in [6, 6.07) is 7.03. The molecule has 0 spiro atoms. The number of aromatic nitrogens is 1. The third-order valence-corrected chi connectivity index (χ3v) is 10.0. The Kier molecular flexibility index (Phi) is 10.2. The molecule has 1 saturated carbocycles. The summed E-state index contributed by atoms with van der Waals surface area (Å²) in [5.41, 5.74) is 4.07. The lowest BCUT2D eigenvalue weighted by Crippen LogP contribution is -2.49. The highest BCUT2D eigenvalue weighted by atomic mass is 16.5.